The first-order chi connectivity index (χ1) is 10.9. The van der Waals surface area contributed by atoms with Crippen LogP contribution in [0.15, 0.2) is 0 Å². The van der Waals surface area contributed by atoms with E-state index in [0.29, 0.717) is 25.3 Å². The Morgan fingerprint density at radius 3 is 2.70 bits per heavy atom. The molecule has 8 heteroatoms. The van der Waals surface area contributed by atoms with E-state index in [2.05, 4.69) is 15.5 Å². The number of carbonyl (C=O) groups excluding carboxylic acids is 1. The number of aromatic nitrogens is 3. The van der Waals surface area contributed by atoms with Gasteiger partial charge in [-0.3, -0.25) is 9.36 Å². The molecule has 0 radical (unpaired) electrons. The minimum atomic E-state index is -2.40. The smallest absolute Gasteiger partial charge is 0.255 e. The average molecular weight is 327 g/mol. The largest absolute Gasteiger partial charge is 0.355 e. The van der Waals surface area contributed by atoms with Gasteiger partial charge in [0.25, 0.3) is 6.43 Å². The van der Waals surface area contributed by atoms with Gasteiger partial charge in [-0.15, -0.1) is 10.2 Å². The van der Waals surface area contributed by atoms with E-state index < -0.39 is 6.43 Å². The van der Waals surface area contributed by atoms with Gasteiger partial charge in [-0.1, -0.05) is 6.92 Å². The Labute approximate surface area is 134 Å². The molecule has 3 rings (SSSR count). The third-order valence-corrected chi connectivity index (χ3v) is 5.08. The van der Waals surface area contributed by atoms with Crippen LogP contribution in [0.4, 0.5) is 14.7 Å². The van der Waals surface area contributed by atoms with Gasteiger partial charge in [-0.2, -0.15) is 0 Å². The van der Waals surface area contributed by atoms with E-state index in [1.165, 1.54) is 0 Å². The van der Waals surface area contributed by atoms with Crippen LogP contribution >= 0.6 is 0 Å². The lowest BCUT2D eigenvalue weighted by molar-refractivity contribution is -0.123. The predicted molar refractivity (Wildman–Crippen MR) is 81.6 cm³/mol. The molecule has 2 aliphatic rings. The van der Waals surface area contributed by atoms with E-state index in [4.69, 9.17) is 0 Å². The summed E-state index contributed by atoms with van der Waals surface area (Å²) in [6.45, 7) is 2.21. The molecule has 0 bridgehead atoms. The lowest BCUT2D eigenvalue weighted by Crippen LogP contribution is -2.46. The van der Waals surface area contributed by atoms with E-state index in [9.17, 15) is 13.6 Å². The number of carbonyl (C=O) groups is 1. The fraction of sp³-hybridized carbons (Fsp3) is 0.800. The monoisotopic (exact) mass is 327 g/mol. The first kappa shape index (κ1) is 16.1. The number of rotatable bonds is 5. The molecule has 1 aliphatic heterocycles. The number of piperidine rings is 1. The molecule has 0 aromatic carbocycles. The van der Waals surface area contributed by atoms with E-state index in [-0.39, 0.29) is 23.9 Å². The second kappa shape index (κ2) is 6.05. The second-order valence-corrected chi connectivity index (χ2v) is 6.85. The molecule has 6 nitrogen and oxygen atoms in total. The normalized spacial score (nSPS) is 25.3. The fourth-order valence-corrected chi connectivity index (χ4v) is 3.39. The first-order valence-electron chi connectivity index (χ1n) is 8.12. The highest BCUT2D eigenvalue weighted by atomic mass is 19.3. The summed E-state index contributed by atoms with van der Waals surface area (Å²) in [5, 5.41) is 11.3. The highest BCUT2D eigenvalue weighted by Crippen LogP contribution is 2.34. The van der Waals surface area contributed by atoms with Crippen molar-refractivity contribution in [2.45, 2.75) is 56.9 Å². The van der Waals surface area contributed by atoms with Crippen molar-refractivity contribution in [2.24, 2.45) is 7.05 Å². The van der Waals surface area contributed by atoms with E-state index in [0.717, 1.165) is 25.1 Å². The maximum atomic E-state index is 13.0. The first-order valence-corrected chi connectivity index (χ1v) is 8.12. The van der Waals surface area contributed by atoms with Crippen LogP contribution in [0.3, 0.4) is 0 Å². The number of hydrogen-bond acceptors (Lipinski definition) is 4. The SMILES string of the molecule is Cn1c(N(CC(F)F)C2CCC2)nnc1C1(C)CCC(=O)NC1. The molecule has 1 unspecified atom stereocenters. The van der Waals surface area contributed by atoms with Crippen molar-refractivity contribution < 1.29 is 13.6 Å². The summed E-state index contributed by atoms with van der Waals surface area (Å²) in [6, 6.07) is 0.124. The summed E-state index contributed by atoms with van der Waals surface area (Å²) in [5.41, 5.74) is -0.315. The van der Waals surface area contributed by atoms with Crippen LogP contribution in [0.5, 0.6) is 0 Å². The predicted octanol–water partition coefficient (Wildman–Crippen LogP) is 1.61. The lowest BCUT2D eigenvalue weighted by atomic mass is 9.81. The Hall–Kier alpha value is -1.73. The summed E-state index contributed by atoms with van der Waals surface area (Å²) in [5.74, 6) is 1.29. The van der Waals surface area contributed by atoms with Crippen LogP contribution in [-0.2, 0) is 17.3 Å². The minimum Gasteiger partial charge on any atom is -0.355 e. The number of amides is 1. The standard InChI is InChI=1S/C15H23F2N5O/c1-15(7-6-12(23)18-9-15)13-19-20-14(21(13)2)22(8-11(16)17)10-4-3-5-10/h10-11H,3-9H2,1-2H3,(H,18,23). The maximum Gasteiger partial charge on any atom is 0.255 e. The number of alkyl halides is 2. The van der Waals surface area contributed by atoms with Gasteiger partial charge >= 0.3 is 0 Å². The summed E-state index contributed by atoms with van der Waals surface area (Å²) in [6.07, 6.45) is 1.63. The molecule has 1 atom stereocenters. The molecule has 1 amide bonds. The topological polar surface area (TPSA) is 63.1 Å². The van der Waals surface area contributed by atoms with Crippen molar-refractivity contribution in [3.8, 4) is 0 Å². The van der Waals surface area contributed by atoms with Crippen molar-refractivity contribution in [3.05, 3.63) is 5.82 Å². The lowest BCUT2D eigenvalue weighted by Gasteiger charge is -2.38. The second-order valence-electron chi connectivity index (χ2n) is 6.85. The van der Waals surface area contributed by atoms with Crippen LogP contribution in [0.1, 0.15) is 44.9 Å². The van der Waals surface area contributed by atoms with Crippen molar-refractivity contribution in [3.63, 3.8) is 0 Å². The molecular formula is C15H23F2N5O. The van der Waals surface area contributed by atoms with Crippen molar-refractivity contribution in [1.29, 1.82) is 0 Å². The third kappa shape index (κ3) is 3.03. The Balaban J connectivity index is 1.86. The van der Waals surface area contributed by atoms with Gasteiger partial charge < -0.3 is 10.2 Å². The number of nitrogens with one attached hydrogen (secondary N) is 1. The molecule has 0 spiro atoms. The number of nitrogens with zero attached hydrogens (tertiary/aromatic N) is 4. The molecule has 128 valence electrons. The van der Waals surface area contributed by atoms with Crippen molar-refractivity contribution >= 4 is 11.9 Å². The third-order valence-electron chi connectivity index (χ3n) is 5.08. The number of anilines is 1. The van der Waals surface area contributed by atoms with Crippen LogP contribution in [0.25, 0.3) is 0 Å². The van der Waals surface area contributed by atoms with E-state index in [1.54, 1.807) is 4.90 Å². The number of halogens is 2. The summed E-state index contributed by atoms with van der Waals surface area (Å²) < 4.78 is 27.7. The quantitative estimate of drug-likeness (QED) is 0.892. The molecule has 1 saturated heterocycles. The van der Waals surface area contributed by atoms with Gasteiger partial charge in [0.05, 0.1) is 6.54 Å². The summed E-state index contributed by atoms with van der Waals surface area (Å²) in [4.78, 5) is 13.1. The van der Waals surface area contributed by atoms with Crippen LogP contribution < -0.4 is 10.2 Å². The van der Waals surface area contributed by atoms with E-state index >= 15 is 0 Å². The summed E-state index contributed by atoms with van der Waals surface area (Å²) in [7, 11) is 1.82. The van der Waals surface area contributed by atoms with Crippen molar-refractivity contribution in [1.82, 2.24) is 20.1 Å². The Kier molecular flexibility index (Phi) is 4.25. The zero-order chi connectivity index (χ0) is 16.6. The molecule has 1 N–H and O–H groups in total. The molecule has 1 aliphatic carbocycles. The molecule has 1 aromatic heterocycles. The van der Waals surface area contributed by atoms with Gasteiger partial charge in [-0.25, -0.2) is 8.78 Å². The molecule has 1 saturated carbocycles. The van der Waals surface area contributed by atoms with Gasteiger partial charge in [0.15, 0.2) is 0 Å². The molecule has 23 heavy (non-hydrogen) atoms. The fourth-order valence-electron chi connectivity index (χ4n) is 3.39. The van der Waals surface area contributed by atoms with Crippen LogP contribution in [-0.4, -0.2) is 46.2 Å². The van der Waals surface area contributed by atoms with Gasteiger partial charge in [-0.05, 0) is 25.7 Å². The van der Waals surface area contributed by atoms with Gasteiger partial charge in [0.2, 0.25) is 11.9 Å². The van der Waals surface area contributed by atoms with Gasteiger partial charge in [0.1, 0.15) is 5.82 Å². The van der Waals surface area contributed by atoms with Gasteiger partial charge in [0, 0.05) is 31.5 Å². The van der Waals surface area contributed by atoms with E-state index in [1.807, 2.05) is 18.5 Å². The maximum absolute atomic E-state index is 13.0. The zero-order valence-corrected chi connectivity index (χ0v) is 13.6. The Morgan fingerprint density at radius 1 is 1.43 bits per heavy atom. The average Bonchev–Trinajstić information content (AvgIpc) is 2.82. The highest BCUT2D eigenvalue weighted by molar-refractivity contribution is 5.77. The highest BCUT2D eigenvalue weighted by Gasteiger charge is 2.38. The van der Waals surface area contributed by atoms with Crippen LogP contribution in [0.2, 0.25) is 0 Å². The molecular weight excluding hydrogens is 304 g/mol. The van der Waals surface area contributed by atoms with Crippen LogP contribution in [0, 0.1) is 0 Å². The minimum absolute atomic E-state index is 0.0404. The number of hydrogen-bond donors (Lipinski definition) is 1. The van der Waals surface area contributed by atoms with Crippen molar-refractivity contribution in [2.75, 3.05) is 18.0 Å². The molecule has 2 fully saturated rings. The molecule has 2 heterocycles. The Morgan fingerprint density at radius 2 is 2.17 bits per heavy atom. The molecule has 1 aromatic rings. The summed E-state index contributed by atoms with van der Waals surface area (Å²) >= 11 is 0. The zero-order valence-electron chi connectivity index (χ0n) is 13.6. The Bertz CT molecular complexity index is 574.